The fraction of sp³-hybridized carbons (Fsp3) is 0.500. The van der Waals surface area contributed by atoms with E-state index >= 15 is 0 Å². The number of rotatable bonds is 5. The van der Waals surface area contributed by atoms with E-state index in [1.54, 1.807) is 0 Å². The summed E-state index contributed by atoms with van der Waals surface area (Å²) in [5.41, 5.74) is 1.46. The fourth-order valence-corrected chi connectivity index (χ4v) is 1.87. The molecule has 72 valence electrons. The molecule has 13 heavy (non-hydrogen) atoms. The molecule has 1 unspecified atom stereocenters. The quantitative estimate of drug-likeness (QED) is 0.682. The van der Waals surface area contributed by atoms with Gasteiger partial charge in [-0.3, -0.25) is 0 Å². The van der Waals surface area contributed by atoms with Gasteiger partial charge in [-0.15, -0.1) is 0 Å². The minimum absolute atomic E-state index is 0.806. The van der Waals surface area contributed by atoms with E-state index in [1.165, 1.54) is 24.8 Å². The minimum Gasteiger partial charge on any atom is -0.0928 e. The predicted molar refractivity (Wildman–Crippen MR) is 62.3 cm³/mol. The summed E-state index contributed by atoms with van der Waals surface area (Å²) >= 11 is 3.46. The van der Waals surface area contributed by atoms with Gasteiger partial charge in [0.2, 0.25) is 0 Å². The van der Waals surface area contributed by atoms with E-state index in [9.17, 15) is 0 Å². The van der Waals surface area contributed by atoms with Crippen LogP contribution < -0.4 is 0 Å². The lowest BCUT2D eigenvalue weighted by molar-refractivity contribution is 0.525. The molecule has 0 heterocycles. The molecular weight excluding hydrogens is 224 g/mol. The molecule has 1 rings (SSSR count). The molecule has 0 nitrogen and oxygen atoms in total. The zero-order valence-electron chi connectivity index (χ0n) is 8.17. The Balaban J connectivity index is 2.32. The molecule has 0 fully saturated rings. The van der Waals surface area contributed by atoms with Crippen molar-refractivity contribution in [2.75, 3.05) is 5.33 Å². The van der Waals surface area contributed by atoms with Gasteiger partial charge < -0.3 is 0 Å². The molecule has 1 atom stereocenters. The highest BCUT2D eigenvalue weighted by molar-refractivity contribution is 9.09. The standard InChI is InChI=1S/C12H17Br/c1-11(6-5-9-13)10-12-7-3-2-4-8-12/h2-4,7-8,11H,5-6,9-10H2,1H3. The summed E-state index contributed by atoms with van der Waals surface area (Å²) in [4.78, 5) is 0. The van der Waals surface area contributed by atoms with Crippen LogP contribution in [0.25, 0.3) is 0 Å². The fourth-order valence-electron chi connectivity index (χ4n) is 1.54. The Kier molecular flexibility index (Phi) is 5.14. The molecule has 0 aliphatic carbocycles. The van der Waals surface area contributed by atoms with Gasteiger partial charge in [0.1, 0.15) is 0 Å². The molecule has 1 aromatic rings. The summed E-state index contributed by atoms with van der Waals surface area (Å²) in [6.07, 6.45) is 3.82. The van der Waals surface area contributed by atoms with E-state index in [-0.39, 0.29) is 0 Å². The Labute approximate surface area is 89.5 Å². The lowest BCUT2D eigenvalue weighted by Gasteiger charge is -2.09. The van der Waals surface area contributed by atoms with E-state index in [0.717, 1.165) is 11.2 Å². The lowest BCUT2D eigenvalue weighted by Crippen LogP contribution is -1.99. The monoisotopic (exact) mass is 240 g/mol. The summed E-state index contributed by atoms with van der Waals surface area (Å²) < 4.78 is 0. The first-order chi connectivity index (χ1) is 6.33. The van der Waals surface area contributed by atoms with Gasteiger partial charge in [0, 0.05) is 5.33 Å². The third-order valence-electron chi connectivity index (χ3n) is 2.26. The zero-order valence-corrected chi connectivity index (χ0v) is 9.76. The molecule has 0 aromatic heterocycles. The van der Waals surface area contributed by atoms with Crippen LogP contribution >= 0.6 is 15.9 Å². The van der Waals surface area contributed by atoms with Crippen molar-refractivity contribution < 1.29 is 0 Å². The Morgan fingerprint density at radius 2 is 1.92 bits per heavy atom. The maximum atomic E-state index is 3.46. The van der Waals surface area contributed by atoms with Crippen molar-refractivity contribution in [3.05, 3.63) is 35.9 Å². The first kappa shape index (κ1) is 10.8. The van der Waals surface area contributed by atoms with Crippen LogP contribution in [-0.4, -0.2) is 5.33 Å². The van der Waals surface area contributed by atoms with E-state index < -0.39 is 0 Å². The highest BCUT2D eigenvalue weighted by atomic mass is 79.9. The SMILES string of the molecule is CC(CCCBr)Cc1ccccc1. The highest BCUT2D eigenvalue weighted by Gasteiger charge is 2.02. The van der Waals surface area contributed by atoms with Gasteiger partial charge in [-0.05, 0) is 30.7 Å². The molecule has 1 aromatic carbocycles. The molecule has 0 amide bonds. The normalized spacial score (nSPS) is 12.8. The number of hydrogen-bond acceptors (Lipinski definition) is 0. The molecule has 0 aliphatic heterocycles. The zero-order chi connectivity index (χ0) is 9.52. The summed E-state index contributed by atoms with van der Waals surface area (Å²) in [5, 5.41) is 1.13. The number of hydrogen-bond donors (Lipinski definition) is 0. The highest BCUT2D eigenvalue weighted by Crippen LogP contribution is 2.13. The van der Waals surface area contributed by atoms with Crippen LogP contribution in [0.2, 0.25) is 0 Å². The smallest absolute Gasteiger partial charge is 0.00314 e. The van der Waals surface area contributed by atoms with Crippen LogP contribution in [0.3, 0.4) is 0 Å². The summed E-state index contributed by atoms with van der Waals surface area (Å²) in [6.45, 7) is 2.33. The Hall–Kier alpha value is -0.300. The van der Waals surface area contributed by atoms with E-state index in [1.807, 2.05) is 0 Å². The van der Waals surface area contributed by atoms with Crippen molar-refractivity contribution in [3.63, 3.8) is 0 Å². The van der Waals surface area contributed by atoms with Crippen molar-refractivity contribution in [1.29, 1.82) is 0 Å². The van der Waals surface area contributed by atoms with E-state index in [0.29, 0.717) is 0 Å². The van der Waals surface area contributed by atoms with Crippen molar-refractivity contribution in [2.45, 2.75) is 26.2 Å². The third kappa shape index (κ3) is 4.47. The summed E-state index contributed by atoms with van der Waals surface area (Å²) in [6, 6.07) is 10.7. The van der Waals surface area contributed by atoms with Gasteiger partial charge >= 0.3 is 0 Å². The predicted octanol–water partition coefficient (Wildman–Crippen LogP) is 4.04. The average Bonchev–Trinajstić information content (AvgIpc) is 2.16. The second-order valence-electron chi connectivity index (χ2n) is 3.63. The Bertz CT molecular complexity index is 218. The molecule has 1 heteroatoms. The molecule has 0 bridgehead atoms. The average molecular weight is 241 g/mol. The van der Waals surface area contributed by atoms with Crippen LogP contribution in [0.4, 0.5) is 0 Å². The first-order valence-corrected chi connectivity index (χ1v) is 6.05. The Morgan fingerprint density at radius 3 is 2.54 bits per heavy atom. The van der Waals surface area contributed by atoms with Crippen LogP contribution in [0.1, 0.15) is 25.3 Å². The van der Waals surface area contributed by atoms with Crippen molar-refractivity contribution in [1.82, 2.24) is 0 Å². The molecular formula is C12H17Br. The number of halogens is 1. The third-order valence-corrected chi connectivity index (χ3v) is 2.82. The van der Waals surface area contributed by atoms with E-state index in [4.69, 9.17) is 0 Å². The second kappa shape index (κ2) is 6.20. The number of alkyl halides is 1. The molecule has 0 saturated heterocycles. The second-order valence-corrected chi connectivity index (χ2v) is 4.42. The topological polar surface area (TPSA) is 0 Å². The summed E-state index contributed by atoms with van der Waals surface area (Å²) in [5.74, 6) is 0.806. The maximum Gasteiger partial charge on any atom is 0.00314 e. The van der Waals surface area contributed by atoms with Crippen LogP contribution in [0.5, 0.6) is 0 Å². The van der Waals surface area contributed by atoms with E-state index in [2.05, 4.69) is 53.2 Å². The van der Waals surface area contributed by atoms with Gasteiger partial charge in [0.05, 0.1) is 0 Å². The molecule has 0 radical (unpaired) electrons. The maximum absolute atomic E-state index is 3.46. The van der Waals surface area contributed by atoms with Crippen LogP contribution in [0, 0.1) is 5.92 Å². The van der Waals surface area contributed by atoms with Gasteiger partial charge in [0.15, 0.2) is 0 Å². The Morgan fingerprint density at radius 1 is 1.23 bits per heavy atom. The van der Waals surface area contributed by atoms with Gasteiger partial charge in [-0.2, -0.15) is 0 Å². The number of benzene rings is 1. The molecule has 0 N–H and O–H groups in total. The largest absolute Gasteiger partial charge is 0.0928 e. The molecule has 0 spiro atoms. The minimum atomic E-state index is 0.806. The van der Waals surface area contributed by atoms with Crippen molar-refractivity contribution >= 4 is 15.9 Å². The van der Waals surface area contributed by atoms with Crippen molar-refractivity contribution in [2.24, 2.45) is 5.92 Å². The van der Waals surface area contributed by atoms with Crippen LogP contribution in [0.15, 0.2) is 30.3 Å². The lowest BCUT2D eigenvalue weighted by atomic mass is 9.97. The van der Waals surface area contributed by atoms with Gasteiger partial charge in [-0.25, -0.2) is 0 Å². The van der Waals surface area contributed by atoms with Gasteiger partial charge in [-0.1, -0.05) is 53.2 Å². The molecule has 0 saturated carbocycles. The first-order valence-electron chi connectivity index (χ1n) is 4.93. The summed E-state index contributed by atoms with van der Waals surface area (Å²) in [7, 11) is 0. The molecule has 0 aliphatic rings. The van der Waals surface area contributed by atoms with Crippen molar-refractivity contribution in [3.8, 4) is 0 Å². The van der Waals surface area contributed by atoms with Crippen LogP contribution in [-0.2, 0) is 6.42 Å². The van der Waals surface area contributed by atoms with Gasteiger partial charge in [0.25, 0.3) is 0 Å².